The van der Waals surface area contributed by atoms with Crippen LogP contribution in [0, 0.1) is 5.41 Å². The first kappa shape index (κ1) is 20.0. The van der Waals surface area contributed by atoms with Gasteiger partial charge in [-0.2, -0.15) is 13.2 Å². The lowest BCUT2D eigenvalue weighted by Gasteiger charge is -2.45. The molecule has 4 nitrogen and oxygen atoms in total. The van der Waals surface area contributed by atoms with E-state index >= 15 is 0 Å². The van der Waals surface area contributed by atoms with Crippen molar-refractivity contribution in [2.45, 2.75) is 44.8 Å². The molecule has 0 saturated carbocycles. The maximum atomic E-state index is 12.4. The number of piperidine rings is 1. The van der Waals surface area contributed by atoms with Gasteiger partial charge in [-0.25, -0.2) is 0 Å². The van der Waals surface area contributed by atoms with Gasteiger partial charge in [-0.05, 0) is 37.8 Å². The van der Waals surface area contributed by atoms with E-state index in [0.29, 0.717) is 12.3 Å². The van der Waals surface area contributed by atoms with Crippen LogP contribution in [0.3, 0.4) is 0 Å². The van der Waals surface area contributed by atoms with Crippen LogP contribution in [-0.2, 0) is 14.2 Å². The van der Waals surface area contributed by atoms with Crippen LogP contribution in [0.4, 0.5) is 13.2 Å². The maximum absolute atomic E-state index is 12.4. The van der Waals surface area contributed by atoms with Crippen molar-refractivity contribution in [1.29, 1.82) is 0 Å². The number of rotatable bonds is 6. The molecule has 1 fully saturated rings. The minimum atomic E-state index is -4.29. The van der Waals surface area contributed by atoms with Gasteiger partial charge >= 0.3 is 6.18 Å². The number of likely N-dealkylation sites (tertiary alicyclic amines) is 1. The van der Waals surface area contributed by atoms with Crippen LogP contribution in [0.5, 0.6) is 0 Å². The molecule has 0 aromatic heterocycles. The zero-order valence-electron chi connectivity index (χ0n) is 15.5. The monoisotopic (exact) mass is 385 g/mol. The third kappa shape index (κ3) is 5.62. The first-order chi connectivity index (χ1) is 12.9. The molecule has 2 unspecified atom stereocenters. The lowest BCUT2D eigenvalue weighted by Crippen LogP contribution is -2.50. The Kier molecular flexibility index (Phi) is 6.32. The van der Waals surface area contributed by atoms with E-state index in [2.05, 4.69) is 17.1 Å². The van der Waals surface area contributed by atoms with Crippen molar-refractivity contribution in [3.63, 3.8) is 0 Å². The van der Waals surface area contributed by atoms with Gasteiger partial charge in [0.1, 0.15) is 25.4 Å². The molecule has 27 heavy (non-hydrogen) atoms. The van der Waals surface area contributed by atoms with Gasteiger partial charge in [0, 0.05) is 12.0 Å². The molecule has 0 amide bonds. The Morgan fingerprint density at radius 2 is 2.19 bits per heavy atom. The summed E-state index contributed by atoms with van der Waals surface area (Å²) >= 11 is 0. The van der Waals surface area contributed by atoms with E-state index in [4.69, 9.17) is 14.2 Å². The molecule has 2 atom stereocenters. The van der Waals surface area contributed by atoms with Crippen LogP contribution < -0.4 is 0 Å². The van der Waals surface area contributed by atoms with Crippen molar-refractivity contribution in [2.24, 2.45) is 5.41 Å². The predicted molar refractivity (Wildman–Crippen MR) is 95.4 cm³/mol. The van der Waals surface area contributed by atoms with E-state index in [1.807, 2.05) is 13.0 Å². The summed E-state index contributed by atoms with van der Waals surface area (Å²) in [7, 11) is 0. The van der Waals surface area contributed by atoms with Gasteiger partial charge in [0.2, 0.25) is 0 Å². The molecule has 2 heterocycles. The number of halogens is 3. The molecule has 0 N–H and O–H groups in total. The summed E-state index contributed by atoms with van der Waals surface area (Å²) in [5.74, 6) is 0.708. The van der Waals surface area contributed by atoms with E-state index in [1.54, 1.807) is 6.26 Å². The predicted octanol–water partition coefficient (Wildman–Crippen LogP) is 4.67. The van der Waals surface area contributed by atoms with Crippen molar-refractivity contribution < 1.29 is 27.4 Å². The lowest BCUT2D eigenvalue weighted by molar-refractivity contribution is -0.182. The lowest BCUT2D eigenvalue weighted by atomic mass is 9.81. The fraction of sp³-hybridized carbons (Fsp3) is 0.600. The number of hydrogen-bond donors (Lipinski definition) is 0. The summed E-state index contributed by atoms with van der Waals surface area (Å²) in [6.45, 7) is 2.38. The minimum absolute atomic E-state index is 0.0814. The molecule has 3 aliphatic rings. The molecule has 3 rings (SSSR count). The van der Waals surface area contributed by atoms with Crippen LogP contribution in [0.1, 0.15) is 32.6 Å². The van der Waals surface area contributed by atoms with Crippen molar-refractivity contribution >= 4 is 0 Å². The zero-order chi connectivity index (χ0) is 19.3. The first-order valence-corrected chi connectivity index (χ1v) is 9.28. The number of alkyl halides is 3. The average molecular weight is 385 g/mol. The molecule has 0 aromatic carbocycles. The summed E-state index contributed by atoms with van der Waals surface area (Å²) in [4.78, 5) is 2.28. The Hall–Kier alpha value is -1.73. The van der Waals surface area contributed by atoms with Gasteiger partial charge in [-0.1, -0.05) is 25.2 Å². The quantitative estimate of drug-likeness (QED) is 0.665. The maximum Gasteiger partial charge on any atom is 0.411 e. The molecule has 150 valence electrons. The third-order valence-electron chi connectivity index (χ3n) is 5.08. The third-order valence-corrected chi connectivity index (χ3v) is 5.08. The fourth-order valence-corrected chi connectivity index (χ4v) is 3.96. The molecule has 0 radical (unpaired) electrons. The number of nitrogens with zero attached hydrogens (tertiary/aromatic N) is 1. The number of allylic oxidation sites excluding steroid dienone is 3. The molecule has 7 heteroatoms. The summed E-state index contributed by atoms with van der Waals surface area (Å²) in [5, 5.41) is 0. The van der Waals surface area contributed by atoms with Gasteiger partial charge < -0.3 is 14.2 Å². The Labute approximate surface area is 157 Å². The Morgan fingerprint density at radius 3 is 2.85 bits per heavy atom. The second kappa shape index (κ2) is 8.52. The van der Waals surface area contributed by atoms with E-state index in [9.17, 15) is 13.2 Å². The SMILES string of the molecule is CC1(COCC(F)(F)F)CCCN(C(C2=CC=CCC2)C2=COC=CO2)C1. The first-order valence-electron chi connectivity index (χ1n) is 9.28. The van der Waals surface area contributed by atoms with Gasteiger partial charge in [0.05, 0.1) is 12.6 Å². The summed E-state index contributed by atoms with van der Waals surface area (Å²) in [5.41, 5.74) is 0.891. The summed E-state index contributed by atoms with van der Waals surface area (Å²) in [6, 6.07) is -0.0814. The van der Waals surface area contributed by atoms with Gasteiger partial charge in [0.15, 0.2) is 5.76 Å². The van der Waals surface area contributed by atoms with Crippen molar-refractivity contribution in [3.05, 3.63) is 48.3 Å². The van der Waals surface area contributed by atoms with E-state index < -0.39 is 12.8 Å². The smallest absolute Gasteiger partial charge is 0.411 e. The van der Waals surface area contributed by atoms with Gasteiger partial charge in [-0.3, -0.25) is 4.90 Å². The number of hydrogen-bond acceptors (Lipinski definition) is 4. The second-order valence-electron chi connectivity index (χ2n) is 7.65. The second-order valence-corrected chi connectivity index (χ2v) is 7.65. The highest BCUT2D eigenvalue weighted by Crippen LogP contribution is 2.36. The molecular weight excluding hydrogens is 359 g/mol. The van der Waals surface area contributed by atoms with Crippen LogP contribution in [0.15, 0.2) is 48.3 Å². The highest BCUT2D eigenvalue weighted by molar-refractivity contribution is 5.30. The molecular formula is C20H26F3NO3. The zero-order valence-corrected chi connectivity index (χ0v) is 15.5. The molecule has 0 bridgehead atoms. The van der Waals surface area contributed by atoms with Crippen LogP contribution >= 0.6 is 0 Å². The normalized spacial score (nSPS) is 27.4. The average Bonchev–Trinajstić information content (AvgIpc) is 2.63. The Bertz CT molecular complexity index is 639. The molecule has 2 aliphatic heterocycles. The Balaban J connectivity index is 1.73. The van der Waals surface area contributed by atoms with Gasteiger partial charge in [0.25, 0.3) is 0 Å². The largest absolute Gasteiger partial charge is 0.466 e. The minimum Gasteiger partial charge on any atom is -0.466 e. The van der Waals surface area contributed by atoms with E-state index in [1.165, 1.54) is 18.1 Å². The van der Waals surface area contributed by atoms with E-state index in [0.717, 1.165) is 32.2 Å². The molecule has 0 aromatic rings. The van der Waals surface area contributed by atoms with Crippen molar-refractivity contribution in [2.75, 3.05) is 26.3 Å². The fourth-order valence-electron chi connectivity index (χ4n) is 3.96. The molecule has 0 spiro atoms. The molecule has 1 aliphatic carbocycles. The van der Waals surface area contributed by atoms with Crippen LogP contribution in [-0.4, -0.2) is 43.4 Å². The van der Waals surface area contributed by atoms with Gasteiger partial charge in [-0.15, -0.1) is 0 Å². The highest BCUT2D eigenvalue weighted by atomic mass is 19.4. The van der Waals surface area contributed by atoms with Crippen LogP contribution in [0.25, 0.3) is 0 Å². The van der Waals surface area contributed by atoms with Crippen LogP contribution in [0.2, 0.25) is 0 Å². The van der Waals surface area contributed by atoms with Crippen molar-refractivity contribution in [3.8, 4) is 0 Å². The summed E-state index contributed by atoms with van der Waals surface area (Å²) < 4.78 is 53.3. The molecule has 1 saturated heterocycles. The summed E-state index contributed by atoms with van der Waals surface area (Å²) in [6.07, 6.45) is 10.2. The standard InChI is InChI=1S/C20H26F3NO3/c1-19(14-26-15-20(21,22)23)8-5-9-24(13-19)18(16-6-3-2-4-7-16)17-12-25-10-11-27-17/h2-3,6,10-12,18H,4-5,7-9,13-15H2,1H3. The number of ether oxygens (including phenoxy) is 3. The van der Waals surface area contributed by atoms with E-state index in [-0.39, 0.29) is 18.1 Å². The topological polar surface area (TPSA) is 30.9 Å². The van der Waals surface area contributed by atoms with Crippen molar-refractivity contribution in [1.82, 2.24) is 4.90 Å². The Morgan fingerprint density at radius 1 is 1.33 bits per heavy atom. The highest BCUT2D eigenvalue weighted by Gasteiger charge is 2.38.